The largest absolute Gasteiger partial charge is 0.397 e. The van der Waals surface area contributed by atoms with Crippen LogP contribution in [0.2, 0.25) is 0 Å². The van der Waals surface area contributed by atoms with Crippen LogP contribution in [0.3, 0.4) is 0 Å². The Morgan fingerprint density at radius 2 is 2.05 bits per heavy atom. The van der Waals surface area contributed by atoms with Gasteiger partial charge in [0.15, 0.2) is 0 Å². The highest BCUT2D eigenvalue weighted by atomic mass is 16.5. The van der Waals surface area contributed by atoms with Gasteiger partial charge in [-0.15, -0.1) is 0 Å². The van der Waals surface area contributed by atoms with E-state index in [1.165, 1.54) is 5.56 Å². The van der Waals surface area contributed by atoms with E-state index >= 15 is 0 Å². The maximum Gasteiger partial charge on any atom is 0.112 e. The van der Waals surface area contributed by atoms with Gasteiger partial charge in [-0.05, 0) is 36.2 Å². The quantitative estimate of drug-likeness (QED) is 0.800. The zero-order valence-corrected chi connectivity index (χ0v) is 12.7. The molecule has 0 aliphatic carbocycles. The Balaban J connectivity index is 2.15. The number of fused-ring (bicyclic) bond motifs is 1. The summed E-state index contributed by atoms with van der Waals surface area (Å²) in [4.78, 5) is 13.4. The molecule has 0 saturated heterocycles. The van der Waals surface area contributed by atoms with Crippen molar-refractivity contribution in [2.45, 2.75) is 20.0 Å². The third-order valence-corrected chi connectivity index (χ3v) is 3.60. The molecule has 0 fully saturated rings. The number of hydrogen-bond acceptors (Lipinski definition) is 5. The summed E-state index contributed by atoms with van der Waals surface area (Å²) in [5.74, 6) is 0. The van der Waals surface area contributed by atoms with Crippen molar-refractivity contribution in [1.29, 1.82) is 0 Å². The molecular weight excluding hydrogens is 276 g/mol. The number of rotatable bonds is 4. The fraction of sp³-hybridized carbons (Fsp3) is 0.235. The molecule has 0 aliphatic rings. The minimum Gasteiger partial charge on any atom is -0.397 e. The van der Waals surface area contributed by atoms with E-state index in [0.717, 1.165) is 28.9 Å². The van der Waals surface area contributed by atoms with Crippen LogP contribution in [0.1, 0.15) is 18.2 Å². The van der Waals surface area contributed by atoms with Crippen LogP contribution < -0.4 is 5.73 Å². The highest BCUT2D eigenvalue weighted by Gasteiger charge is 2.10. The Morgan fingerprint density at radius 3 is 2.82 bits per heavy atom. The third kappa shape index (κ3) is 2.63. The molecule has 3 aromatic rings. The van der Waals surface area contributed by atoms with Gasteiger partial charge in [0.2, 0.25) is 0 Å². The summed E-state index contributed by atoms with van der Waals surface area (Å²) in [5.41, 5.74) is 12.2. The van der Waals surface area contributed by atoms with Crippen molar-refractivity contribution in [3.05, 3.63) is 47.9 Å². The second-order valence-corrected chi connectivity index (χ2v) is 5.09. The second-order valence-electron chi connectivity index (χ2n) is 5.09. The number of nitrogen functional groups attached to an aromatic ring is 1. The number of anilines is 1. The Hall–Kier alpha value is -2.53. The van der Waals surface area contributed by atoms with Gasteiger partial charge in [0.25, 0.3) is 0 Å². The summed E-state index contributed by atoms with van der Waals surface area (Å²) in [6.07, 6.45) is 4.55. The van der Waals surface area contributed by atoms with Gasteiger partial charge in [-0.1, -0.05) is 6.92 Å². The number of ether oxygens (including phenoxy) is 1. The summed E-state index contributed by atoms with van der Waals surface area (Å²) in [6, 6.07) is 7.71. The summed E-state index contributed by atoms with van der Waals surface area (Å²) in [5, 5.41) is 0. The smallest absolute Gasteiger partial charge is 0.112 e. The Morgan fingerprint density at radius 1 is 1.18 bits per heavy atom. The maximum absolute atomic E-state index is 6.19. The molecule has 5 heteroatoms. The molecule has 5 nitrogen and oxygen atoms in total. The fourth-order valence-corrected chi connectivity index (χ4v) is 2.50. The molecule has 22 heavy (non-hydrogen) atoms. The molecule has 0 aliphatic heterocycles. The van der Waals surface area contributed by atoms with Gasteiger partial charge in [-0.25, -0.2) is 9.97 Å². The molecule has 3 rings (SSSR count). The van der Waals surface area contributed by atoms with E-state index in [1.807, 2.05) is 30.5 Å². The van der Waals surface area contributed by atoms with E-state index in [9.17, 15) is 0 Å². The van der Waals surface area contributed by atoms with Crippen LogP contribution in [-0.4, -0.2) is 22.1 Å². The van der Waals surface area contributed by atoms with E-state index in [2.05, 4.69) is 16.9 Å². The van der Waals surface area contributed by atoms with Crippen LogP contribution in [0.4, 0.5) is 5.69 Å². The molecule has 0 amide bonds. The van der Waals surface area contributed by atoms with E-state index in [1.54, 1.807) is 13.3 Å². The molecule has 0 atom stereocenters. The predicted octanol–water partition coefficient (Wildman–Crippen LogP) is 2.98. The van der Waals surface area contributed by atoms with Gasteiger partial charge in [0, 0.05) is 25.1 Å². The zero-order valence-electron chi connectivity index (χ0n) is 12.7. The van der Waals surface area contributed by atoms with Crippen molar-refractivity contribution < 1.29 is 4.74 Å². The number of methoxy groups -OCH3 is 1. The predicted molar refractivity (Wildman–Crippen MR) is 87.3 cm³/mol. The summed E-state index contributed by atoms with van der Waals surface area (Å²) < 4.78 is 5.11. The Labute approximate surface area is 129 Å². The van der Waals surface area contributed by atoms with Gasteiger partial charge >= 0.3 is 0 Å². The fourth-order valence-electron chi connectivity index (χ4n) is 2.50. The molecule has 112 valence electrons. The van der Waals surface area contributed by atoms with Crippen molar-refractivity contribution in [3.8, 4) is 11.3 Å². The first-order chi connectivity index (χ1) is 10.7. The van der Waals surface area contributed by atoms with E-state index in [-0.39, 0.29) is 0 Å². The first kappa shape index (κ1) is 14.4. The van der Waals surface area contributed by atoms with E-state index in [0.29, 0.717) is 17.8 Å². The number of nitrogens with two attached hydrogens (primary N) is 1. The molecule has 0 saturated carbocycles. The molecule has 0 radical (unpaired) electrons. The minimum atomic E-state index is 0.458. The van der Waals surface area contributed by atoms with Crippen LogP contribution in [0.25, 0.3) is 22.3 Å². The second kappa shape index (κ2) is 6.07. The average Bonchev–Trinajstić information content (AvgIpc) is 2.55. The number of hydrogen-bond donors (Lipinski definition) is 1. The average molecular weight is 294 g/mol. The van der Waals surface area contributed by atoms with Crippen molar-refractivity contribution in [1.82, 2.24) is 15.0 Å². The zero-order chi connectivity index (χ0) is 15.5. The lowest BCUT2D eigenvalue weighted by Crippen LogP contribution is -1.99. The van der Waals surface area contributed by atoms with Gasteiger partial charge in [0.05, 0.1) is 29.2 Å². The molecule has 2 N–H and O–H groups in total. The minimum absolute atomic E-state index is 0.458. The Kier molecular flexibility index (Phi) is 3.98. The van der Waals surface area contributed by atoms with Crippen LogP contribution in [-0.2, 0) is 17.8 Å². The molecule has 0 unspecified atom stereocenters. The van der Waals surface area contributed by atoms with Crippen LogP contribution >= 0.6 is 0 Å². The SMILES string of the molecule is CCc1ccncc1-c1cc(N)c2nc(COC)ccc2n1. The molecule has 0 spiro atoms. The lowest BCUT2D eigenvalue weighted by atomic mass is 10.0. The highest BCUT2D eigenvalue weighted by Crippen LogP contribution is 2.27. The van der Waals surface area contributed by atoms with Crippen molar-refractivity contribution in [2.75, 3.05) is 12.8 Å². The number of pyridine rings is 3. The molecule has 0 aromatic carbocycles. The third-order valence-electron chi connectivity index (χ3n) is 3.60. The number of nitrogens with zero attached hydrogens (tertiary/aromatic N) is 3. The molecular formula is C17H18N4O. The molecule has 0 bridgehead atoms. The van der Waals surface area contributed by atoms with E-state index < -0.39 is 0 Å². The van der Waals surface area contributed by atoms with Crippen molar-refractivity contribution >= 4 is 16.7 Å². The first-order valence-corrected chi connectivity index (χ1v) is 7.21. The topological polar surface area (TPSA) is 73.9 Å². The maximum atomic E-state index is 6.19. The molecule has 3 heterocycles. The van der Waals surface area contributed by atoms with Crippen LogP contribution in [0.15, 0.2) is 36.7 Å². The van der Waals surface area contributed by atoms with Crippen LogP contribution in [0, 0.1) is 0 Å². The standard InChI is InChI=1S/C17H18N4O/c1-3-11-6-7-19-9-13(11)16-8-14(18)17-15(21-16)5-4-12(20-17)10-22-2/h4-9H,3,10H2,1-2H3,(H2,18,21). The number of aryl methyl sites for hydroxylation is 1. The first-order valence-electron chi connectivity index (χ1n) is 7.21. The van der Waals surface area contributed by atoms with Gasteiger partial charge in [0.1, 0.15) is 5.52 Å². The van der Waals surface area contributed by atoms with Gasteiger partial charge < -0.3 is 10.5 Å². The number of aromatic nitrogens is 3. The molecule has 3 aromatic heterocycles. The van der Waals surface area contributed by atoms with Gasteiger partial charge in [-0.2, -0.15) is 0 Å². The lowest BCUT2D eigenvalue weighted by molar-refractivity contribution is 0.182. The summed E-state index contributed by atoms with van der Waals surface area (Å²) in [7, 11) is 1.64. The van der Waals surface area contributed by atoms with Crippen molar-refractivity contribution in [2.24, 2.45) is 0 Å². The normalized spacial score (nSPS) is 11.0. The summed E-state index contributed by atoms with van der Waals surface area (Å²) >= 11 is 0. The Bertz CT molecular complexity index is 817. The highest BCUT2D eigenvalue weighted by molar-refractivity contribution is 5.89. The van der Waals surface area contributed by atoms with Gasteiger partial charge in [-0.3, -0.25) is 4.98 Å². The van der Waals surface area contributed by atoms with Crippen molar-refractivity contribution in [3.63, 3.8) is 0 Å². The van der Waals surface area contributed by atoms with E-state index in [4.69, 9.17) is 15.5 Å². The monoisotopic (exact) mass is 294 g/mol. The summed E-state index contributed by atoms with van der Waals surface area (Å²) in [6.45, 7) is 2.57. The lowest BCUT2D eigenvalue weighted by Gasteiger charge is -2.10. The van der Waals surface area contributed by atoms with Crippen LogP contribution in [0.5, 0.6) is 0 Å².